The van der Waals surface area contributed by atoms with Crippen LogP contribution in [0, 0.1) is 0 Å². The number of amides is 1. The average Bonchev–Trinajstić information content (AvgIpc) is 2.98. The standard InChI is InChI=1S/C17H21F3N2O2/c18-17(19,20)7-6-16(23)22-11-14-15(12-22)24-9-8-21(14)10-13-4-2-1-3-5-13/h1-5,14-15H,6-12H2/t14-,15+/m0/s1. The second kappa shape index (κ2) is 7.11. The molecule has 24 heavy (non-hydrogen) atoms. The van der Waals surface area contributed by atoms with E-state index in [0.717, 1.165) is 13.1 Å². The summed E-state index contributed by atoms with van der Waals surface area (Å²) >= 11 is 0. The summed E-state index contributed by atoms with van der Waals surface area (Å²) in [6.07, 6.45) is -5.96. The number of hydrogen-bond acceptors (Lipinski definition) is 3. The first-order chi connectivity index (χ1) is 11.4. The minimum atomic E-state index is -4.29. The first-order valence-corrected chi connectivity index (χ1v) is 8.16. The highest BCUT2D eigenvalue weighted by Crippen LogP contribution is 2.27. The van der Waals surface area contributed by atoms with E-state index < -0.39 is 24.9 Å². The van der Waals surface area contributed by atoms with Gasteiger partial charge in [-0.2, -0.15) is 13.2 Å². The summed E-state index contributed by atoms with van der Waals surface area (Å²) < 4.78 is 42.6. The van der Waals surface area contributed by atoms with Crippen molar-refractivity contribution in [1.82, 2.24) is 9.80 Å². The van der Waals surface area contributed by atoms with Gasteiger partial charge in [0.1, 0.15) is 0 Å². The van der Waals surface area contributed by atoms with Gasteiger partial charge in [0.15, 0.2) is 0 Å². The topological polar surface area (TPSA) is 32.8 Å². The third-order valence-electron chi connectivity index (χ3n) is 4.62. The number of carbonyl (C=O) groups is 1. The third kappa shape index (κ3) is 4.27. The quantitative estimate of drug-likeness (QED) is 0.843. The molecule has 2 saturated heterocycles. The smallest absolute Gasteiger partial charge is 0.373 e. The van der Waals surface area contributed by atoms with Gasteiger partial charge in [0.25, 0.3) is 0 Å². The molecule has 1 aromatic rings. The lowest BCUT2D eigenvalue weighted by Gasteiger charge is -2.36. The molecule has 3 rings (SSSR count). The zero-order valence-electron chi connectivity index (χ0n) is 13.3. The molecular weight excluding hydrogens is 321 g/mol. The van der Waals surface area contributed by atoms with Crippen LogP contribution in [-0.2, 0) is 16.1 Å². The molecule has 1 aromatic carbocycles. The van der Waals surface area contributed by atoms with Crippen LogP contribution in [0.1, 0.15) is 18.4 Å². The van der Waals surface area contributed by atoms with Crippen LogP contribution in [0.25, 0.3) is 0 Å². The van der Waals surface area contributed by atoms with Crippen LogP contribution in [0.4, 0.5) is 13.2 Å². The number of ether oxygens (including phenoxy) is 1. The molecule has 0 aliphatic carbocycles. The Kier molecular flexibility index (Phi) is 5.10. The summed E-state index contributed by atoms with van der Waals surface area (Å²) in [6.45, 7) is 2.93. The fourth-order valence-electron chi connectivity index (χ4n) is 3.38. The number of carbonyl (C=O) groups excluding carboxylic acids is 1. The number of rotatable bonds is 4. The van der Waals surface area contributed by atoms with Crippen molar-refractivity contribution in [2.45, 2.75) is 37.7 Å². The van der Waals surface area contributed by atoms with E-state index >= 15 is 0 Å². The van der Waals surface area contributed by atoms with Crippen LogP contribution in [-0.4, -0.2) is 60.3 Å². The summed E-state index contributed by atoms with van der Waals surface area (Å²) in [5.74, 6) is -0.440. The number of likely N-dealkylation sites (tertiary alicyclic amines) is 1. The van der Waals surface area contributed by atoms with Gasteiger partial charge in [-0.3, -0.25) is 9.69 Å². The van der Waals surface area contributed by atoms with Gasteiger partial charge in [-0.05, 0) is 5.56 Å². The van der Waals surface area contributed by atoms with Crippen molar-refractivity contribution in [1.29, 1.82) is 0 Å². The van der Waals surface area contributed by atoms with Crippen LogP contribution in [0.3, 0.4) is 0 Å². The maximum Gasteiger partial charge on any atom is 0.389 e. The first-order valence-electron chi connectivity index (χ1n) is 8.16. The lowest BCUT2D eigenvalue weighted by Crippen LogP contribution is -2.50. The van der Waals surface area contributed by atoms with E-state index in [0.29, 0.717) is 19.7 Å². The van der Waals surface area contributed by atoms with E-state index in [-0.39, 0.29) is 12.1 Å². The first kappa shape index (κ1) is 17.2. The molecule has 2 atom stereocenters. The summed E-state index contributed by atoms with van der Waals surface area (Å²) in [5, 5.41) is 0. The van der Waals surface area contributed by atoms with Crippen molar-refractivity contribution >= 4 is 5.91 Å². The van der Waals surface area contributed by atoms with E-state index in [1.165, 1.54) is 10.5 Å². The van der Waals surface area contributed by atoms with E-state index in [1.807, 2.05) is 30.3 Å². The predicted octanol–water partition coefficient (Wildman–Crippen LogP) is 2.44. The van der Waals surface area contributed by atoms with Gasteiger partial charge in [0.2, 0.25) is 5.91 Å². The van der Waals surface area contributed by atoms with Gasteiger partial charge in [-0.15, -0.1) is 0 Å². The molecule has 0 saturated carbocycles. The molecular formula is C17H21F3N2O2. The van der Waals surface area contributed by atoms with Crippen molar-refractivity contribution in [3.05, 3.63) is 35.9 Å². The van der Waals surface area contributed by atoms with Crippen molar-refractivity contribution in [3.8, 4) is 0 Å². The van der Waals surface area contributed by atoms with Crippen LogP contribution in [0.15, 0.2) is 30.3 Å². The van der Waals surface area contributed by atoms with Crippen molar-refractivity contribution in [2.75, 3.05) is 26.2 Å². The number of halogens is 3. The molecule has 0 N–H and O–H groups in total. The molecule has 2 fully saturated rings. The monoisotopic (exact) mass is 342 g/mol. The Labute approximate surface area is 139 Å². The second-order valence-corrected chi connectivity index (χ2v) is 6.35. The highest BCUT2D eigenvalue weighted by molar-refractivity contribution is 5.76. The number of fused-ring (bicyclic) bond motifs is 1. The second-order valence-electron chi connectivity index (χ2n) is 6.35. The molecule has 1 amide bonds. The van der Waals surface area contributed by atoms with Gasteiger partial charge in [0, 0.05) is 32.6 Å². The summed E-state index contributed by atoms with van der Waals surface area (Å²) in [6, 6.07) is 10.1. The number of nitrogens with zero attached hydrogens (tertiary/aromatic N) is 2. The molecule has 0 bridgehead atoms. The zero-order valence-corrected chi connectivity index (χ0v) is 13.3. The lowest BCUT2D eigenvalue weighted by atomic mass is 10.1. The summed E-state index contributed by atoms with van der Waals surface area (Å²) in [7, 11) is 0. The molecule has 4 nitrogen and oxygen atoms in total. The number of hydrogen-bond donors (Lipinski definition) is 0. The Balaban J connectivity index is 1.59. The molecule has 132 valence electrons. The molecule has 2 aliphatic rings. The maximum atomic E-state index is 12.3. The Morgan fingerprint density at radius 2 is 1.96 bits per heavy atom. The average molecular weight is 342 g/mol. The Bertz CT molecular complexity index is 565. The van der Waals surface area contributed by atoms with Crippen molar-refractivity contribution in [2.24, 2.45) is 0 Å². The molecule has 2 heterocycles. The number of benzene rings is 1. The number of morpholine rings is 1. The van der Waals surface area contributed by atoms with E-state index in [4.69, 9.17) is 4.74 Å². The molecule has 2 aliphatic heterocycles. The summed E-state index contributed by atoms with van der Waals surface area (Å²) in [5.41, 5.74) is 1.18. The highest BCUT2D eigenvalue weighted by Gasteiger charge is 2.42. The minimum Gasteiger partial charge on any atom is -0.373 e. The fraction of sp³-hybridized carbons (Fsp3) is 0.588. The van der Waals surface area contributed by atoms with Gasteiger partial charge in [-0.1, -0.05) is 30.3 Å². The normalized spacial score (nSPS) is 24.9. The van der Waals surface area contributed by atoms with Crippen LogP contribution >= 0.6 is 0 Å². The molecule has 0 spiro atoms. The lowest BCUT2D eigenvalue weighted by molar-refractivity contribution is -0.148. The largest absolute Gasteiger partial charge is 0.389 e. The molecule has 0 radical (unpaired) electrons. The van der Waals surface area contributed by atoms with Crippen molar-refractivity contribution < 1.29 is 22.7 Å². The molecule has 0 aromatic heterocycles. The maximum absolute atomic E-state index is 12.3. The Morgan fingerprint density at radius 1 is 1.21 bits per heavy atom. The van der Waals surface area contributed by atoms with E-state index in [2.05, 4.69) is 4.90 Å². The van der Waals surface area contributed by atoms with Crippen LogP contribution < -0.4 is 0 Å². The third-order valence-corrected chi connectivity index (χ3v) is 4.62. The summed E-state index contributed by atoms with van der Waals surface area (Å²) in [4.78, 5) is 15.8. The van der Waals surface area contributed by atoms with E-state index in [1.54, 1.807) is 0 Å². The molecule has 7 heteroatoms. The van der Waals surface area contributed by atoms with Gasteiger partial charge in [0.05, 0.1) is 25.2 Å². The van der Waals surface area contributed by atoms with Gasteiger partial charge in [-0.25, -0.2) is 0 Å². The molecule has 0 unspecified atom stereocenters. The van der Waals surface area contributed by atoms with Gasteiger partial charge >= 0.3 is 6.18 Å². The minimum absolute atomic E-state index is 0.0498. The van der Waals surface area contributed by atoms with Crippen LogP contribution in [0.5, 0.6) is 0 Å². The SMILES string of the molecule is O=C(CCC(F)(F)F)N1C[C@H]2OCCN(Cc3ccccc3)[C@H]2C1. The highest BCUT2D eigenvalue weighted by atomic mass is 19.4. The Morgan fingerprint density at radius 3 is 2.67 bits per heavy atom. The van der Waals surface area contributed by atoms with Crippen molar-refractivity contribution in [3.63, 3.8) is 0 Å². The fourth-order valence-corrected chi connectivity index (χ4v) is 3.38. The number of alkyl halides is 3. The zero-order chi connectivity index (χ0) is 17.2. The van der Waals surface area contributed by atoms with Crippen LogP contribution in [0.2, 0.25) is 0 Å². The van der Waals surface area contributed by atoms with Gasteiger partial charge < -0.3 is 9.64 Å². The predicted molar refractivity (Wildman–Crippen MR) is 82.2 cm³/mol. The van der Waals surface area contributed by atoms with E-state index in [9.17, 15) is 18.0 Å². The Hall–Kier alpha value is -1.60.